The second kappa shape index (κ2) is 5.78. The van der Waals surface area contributed by atoms with Crippen LogP contribution in [0.4, 0.5) is 0 Å². The van der Waals surface area contributed by atoms with Gasteiger partial charge in [-0.3, -0.25) is 4.79 Å². The van der Waals surface area contributed by atoms with Gasteiger partial charge in [-0.1, -0.05) is 12.5 Å². The Bertz CT molecular complexity index is 389. The lowest BCUT2D eigenvalue weighted by Gasteiger charge is -2.28. The van der Waals surface area contributed by atoms with E-state index in [-0.39, 0.29) is 17.0 Å². The quantitative estimate of drug-likeness (QED) is 0.749. The summed E-state index contributed by atoms with van der Waals surface area (Å²) >= 11 is 0. The summed E-state index contributed by atoms with van der Waals surface area (Å²) in [5.74, 6) is -0.211. The highest BCUT2D eigenvalue weighted by Crippen LogP contribution is 2.29. The van der Waals surface area contributed by atoms with E-state index in [2.05, 4.69) is 6.58 Å². The molecule has 0 aromatic rings. The Balaban J connectivity index is 2.67. The van der Waals surface area contributed by atoms with Gasteiger partial charge in [-0.2, -0.15) is 0 Å². The molecule has 2 N–H and O–H groups in total. The second-order valence-corrected chi connectivity index (χ2v) is 7.17. The van der Waals surface area contributed by atoms with E-state index in [4.69, 9.17) is 5.73 Å². The van der Waals surface area contributed by atoms with Crippen molar-refractivity contribution in [1.29, 1.82) is 0 Å². The van der Waals surface area contributed by atoms with Crippen LogP contribution in [0.5, 0.6) is 0 Å². The molecule has 3 unspecified atom stereocenters. The first-order valence-corrected chi connectivity index (χ1v) is 7.90. The van der Waals surface area contributed by atoms with Crippen molar-refractivity contribution in [3.8, 4) is 0 Å². The van der Waals surface area contributed by atoms with Crippen molar-refractivity contribution in [1.82, 2.24) is 0 Å². The van der Waals surface area contributed by atoms with E-state index in [0.717, 1.165) is 12.8 Å². The van der Waals surface area contributed by atoms with Crippen LogP contribution in [-0.2, 0) is 14.6 Å². The first kappa shape index (κ1) is 14.4. The average molecular weight is 259 g/mol. The van der Waals surface area contributed by atoms with Crippen molar-refractivity contribution in [2.45, 2.75) is 43.4 Å². The van der Waals surface area contributed by atoms with Crippen LogP contribution in [0, 0.1) is 5.92 Å². The van der Waals surface area contributed by atoms with Crippen LogP contribution in [0.25, 0.3) is 0 Å². The van der Waals surface area contributed by atoms with Gasteiger partial charge in [-0.15, -0.1) is 6.58 Å². The largest absolute Gasteiger partial charge is 0.321 e. The van der Waals surface area contributed by atoms with Gasteiger partial charge in [-0.05, 0) is 25.7 Å². The molecule has 1 aliphatic rings. The van der Waals surface area contributed by atoms with Crippen LogP contribution in [0.15, 0.2) is 12.7 Å². The van der Waals surface area contributed by atoms with Crippen LogP contribution in [0.2, 0.25) is 0 Å². The third kappa shape index (κ3) is 3.92. The van der Waals surface area contributed by atoms with Crippen molar-refractivity contribution in [3.63, 3.8) is 0 Å². The summed E-state index contributed by atoms with van der Waals surface area (Å²) < 4.78 is 23.0. The first-order valence-electron chi connectivity index (χ1n) is 5.95. The number of carbonyl (C=O) groups is 1. The molecule has 0 saturated heterocycles. The lowest BCUT2D eigenvalue weighted by Crippen LogP contribution is -2.39. The number of hydrogen-bond donors (Lipinski definition) is 1. The zero-order chi connectivity index (χ0) is 13.1. The number of Topliss-reactive ketones (excluding diaryl/α,β-unsaturated/α-hetero) is 1. The molecule has 0 bridgehead atoms. The Morgan fingerprint density at radius 2 is 2.18 bits per heavy atom. The molecule has 0 aromatic carbocycles. The highest BCUT2D eigenvalue weighted by molar-refractivity contribution is 7.91. The van der Waals surface area contributed by atoms with E-state index in [1.54, 1.807) is 6.08 Å². The molecule has 1 fully saturated rings. The molecule has 0 aromatic heterocycles. The first-order chi connectivity index (χ1) is 7.86. The van der Waals surface area contributed by atoms with Crippen LogP contribution in [0.1, 0.15) is 32.1 Å². The Morgan fingerprint density at radius 3 is 2.71 bits per heavy atom. The molecular weight excluding hydrogens is 238 g/mol. The SMILES string of the molecule is C=CCC(N)C(=O)C1CCCC(S(C)(=O)=O)C1. The van der Waals surface area contributed by atoms with Crippen molar-refractivity contribution in [2.75, 3.05) is 6.26 Å². The molecule has 1 aliphatic carbocycles. The summed E-state index contributed by atoms with van der Waals surface area (Å²) in [4.78, 5) is 12.0. The molecule has 1 saturated carbocycles. The fourth-order valence-electron chi connectivity index (χ4n) is 2.39. The van der Waals surface area contributed by atoms with Gasteiger partial charge < -0.3 is 5.73 Å². The second-order valence-electron chi connectivity index (χ2n) is 4.85. The van der Waals surface area contributed by atoms with Gasteiger partial charge in [-0.25, -0.2) is 8.42 Å². The van der Waals surface area contributed by atoms with Crippen LogP contribution in [-0.4, -0.2) is 31.7 Å². The third-order valence-corrected chi connectivity index (χ3v) is 5.06. The molecule has 98 valence electrons. The fourth-order valence-corrected chi connectivity index (χ4v) is 3.57. The molecule has 4 nitrogen and oxygen atoms in total. The van der Waals surface area contributed by atoms with Crippen molar-refractivity contribution >= 4 is 15.6 Å². The third-order valence-electron chi connectivity index (χ3n) is 3.42. The van der Waals surface area contributed by atoms with Crippen molar-refractivity contribution < 1.29 is 13.2 Å². The van der Waals surface area contributed by atoms with Gasteiger partial charge in [0.05, 0.1) is 11.3 Å². The standard InChI is InChI=1S/C12H21NO3S/c1-3-5-11(13)12(14)9-6-4-7-10(8-9)17(2,15)16/h3,9-11H,1,4-8,13H2,2H3. The Hall–Kier alpha value is -0.680. The van der Waals surface area contributed by atoms with E-state index in [0.29, 0.717) is 19.3 Å². The Labute approximate surface area is 103 Å². The normalized spacial score (nSPS) is 27.4. The van der Waals surface area contributed by atoms with E-state index in [1.807, 2.05) is 0 Å². The highest BCUT2D eigenvalue weighted by Gasteiger charge is 2.33. The summed E-state index contributed by atoms with van der Waals surface area (Å²) in [6.45, 7) is 3.55. The predicted molar refractivity (Wildman–Crippen MR) is 68.4 cm³/mol. The minimum atomic E-state index is -3.04. The number of rotatable bonds is 5. The zero-order valence-electron chi connectivity index (χ0n) is 10.3. The maximum atomic E-state index is 12.0. The molecule has 5 heteroatoms. The van der Waals surface area contributed by atoms with Gasteiger partial charge >= 0.3 is 0 Å². The molecule has 0 aliphatic heterocycles. The van der Waals surface area contributed by atoms with E-state index >= 15 is 0 Å². The number of hydrogen-bond acceptors (Lipinski definition) is 4. The van der Waals surface area contributed by atoms with Gasteiger partial charge in [0.2, 0.25) is 0 Å². The summed E-state index contributed by atoms with van der Waals surface area (Å²) in [6.07, 6.45) is 5.97. The topological polar surface area (TPSA) is 77.2 Å². The molecule has 0 amide bonds. The van der Waals surface area contributed by atoms with Gasteiger partial charge in [0.15, 0.2) is 5.78 Å². The minimum Gasteiger partial charge on any atom is -0.321 e. The molecule has 0 heterocycles. The summed E-state index contributed by atoms with van der Waals surface area (Å²) in [7, 11) is -3.04. The molecule has 0 spiro atoms. The molecule has 1 rings (SSSR count). The van der Waals surface area contributed by atoms with E-state index in [9.17, 15) is 13.2 Å². The maximum Gasteiger partial charge on any atom is 0.152 e. The van der Waals surface area contributed by atoms with Crippen molar-refractivity contribution in [3.05, 3.63) is 12.7 Å². The lowest BCUT2D eigenvalue weighted by molar-refractivity contribution is -0.124. The van der Waals surface area contributed by atoms with E-state index in [1.165, 1.54) is 6.26 Å². The molecule has 0 radical (unpaired) electrons. The van der Waals surface area contributed by atoms with Crippen LogP contribution >= 0.6 is 0 Å². The number of carbonyl (C=O) groups excluding carboxylic acids is 1. The smallest absolute Gasteiger partial charge is 0.152 e. The molecular formula is C12H21NO3S. The van der Waals surface area contributed by atoms with E-state index < -0.39 is 15.9 Å². The average Bonchev–Trinajstić information content (AvgIpc) is 2.27. The summed E-state index contributed by atoms with van der Waals surface area (Å²) in [5.41, 5.74) is 5.74. The highest BCUT2D eigenvalue weighted by atomic mass is 32.2. The molecule has 3 atom stereocenters. The lowest BCUT2D eigenvalue weighted by atomic mass is 9.83. The Kier molecular flexibility index (Phi) is 4.89. The van der Waals surface area contributed by atoms with Crippen LogP contribution in [0.3, 0.4) is 0 Å². The van der Waals surface area contributed by atoms with Crippen molar-refractivity contribution in [2.24, 2.45) is 11.7 Å². The zero-order valence-corrected chi connectivity index (χ0v) is 11.1. The van der Waals surface area contributed by atoms with Gasteiger partial charge in [0.25, 0.3) is 0 Å². The van der Waals surface area contributed by atoms with Crippen LogP contribution < -0.4 is 5.73 Å². The maximum absolute atomic E-state index is 12.0. The summed E-state index contributed by atoms with van der Waals surface area (Å²) in [6, 6.07) is -0.532. The number of nitrogens with two attached hydrogens (primary N) is 1. The summed E-state index contributed by atoms with van der Waals surface area (Å²) in [5, 5.41) is -0.374. The Morgan fingerprint density at radius 1 is 1.53 bits per heavy atom. The monoisotopic (exact) mass is 259 g/mol. The number of sulfone groups is 1. The molecule has 17 heavy (non-hydrogen) atoms. The van der Waals surface area contributed by atoms with Gasteiger partial charge in [0, 0.05) is 12.2 Å². The van der Waals surface area contributed by atoms with Gasteiger partial charge in [0.1, 0.15) is 9.84 Å². The fraction of sp³-hybridized carbons (Fsp3) is 0.750. The number of ketones is 1. The predicted octanol–water partition coefficient (Wildman–Crippen LogP) is 1.06. The minimum absolute atomic E-state index is 0.0155.